The maximum atomic E-state index is 13.3. The highest BCUT2D eigenvalue weighted by Gasteiger charge is 2.47. The van der Waals surface area contributed by atoms with E-state index in [0.717, 1.165) is 0 Å². The molecule has 1 aromatic carbocycles. The molecule has 31 heavy (non-hydrogen) atoms. The predicted octanol–water partition coefficient (Wildman–Crippen LogP) is 5.02. The highest BCUT2D eigenvalue weighted by molar-refractivity contribution is 6.06. The van der Waals surface area contributed by atoms with Crippen LogP contribution in [0.1, 0.15) is 64.9 Å². The number of carbonyl (C=O) groups is 2. The van der Waals surface area contributed by atoms with Gasteiger partial charge in [-0.15, -0.1) is 0 Å². The Labute approximate surface area is 182 Å². The lowest BCUT2D eigenvalue weighted by molar-refractivity contribution is -0.119. The molecule has 166 valence electrons. The number of rotatable bonds is 3. The van der Waals surface area contributed by atoms with E-state index in [1.54, 1.807) is 19.2 Å². The molecule has 6 heteroatoms. The van der Waals surface area contributed by atoms with Crippen LogP contribution in [0.15, 0.2) is 34.8 Å². The van der Waals surface area contributed by atoms with Crippen molar-refractivity contribution >= 4 is 11.6 Å². The van der Waals surface area contributed by atoms with Crippen LogP contribution in [-0.4, -0.2) is 30.9 Å². The van der Waals surface area contributed by atoms with Gasteiger partial charge in [-0.3, -0.25) is 9.59 Å². The van der Waals surface area contributed by atoms with E-state index in [1.807, 2.05) is 27.7 Å². The van der Waals surface area contributed by atoms with Crippen LogP contribution < -0.4 is 14.2 Å². The average Bonchev–Trinajstić information content (AvgIpc) is 2.63. The lowest BCUT2D eigenvalue weighted by Crippen LogP contribution is -2.36. The molecule has 1 unspecified atom stereocenters. The third-order valence-corrected chi connectivity index (χ3v) is 6.41. The number of hydrogen-bond acceptors (Lipinski definition) is 6. The molecule has 4 rings (SSSR count). The van der Waals surface area contributed by atoms with Crippen LogP contribution in [-0.2, 0) is 9.59 Å². The molecule has 0 saturated carbocycles. The van der Waals surface area contributed by atoms with Gasteiger partial charge in [0.15, 0.2) is 23.1 Å². The van der Waals surface area contributed by atoms with Crippen molar-refractivity contribution in [2.75, 3.05) is 14.2 Å². The Kier molecular flexibility index (Phi) is 4.95. The van der Waals surface area contributed by atoms with E-state index < -0.39 is 5.92 Å². The molecule has 0 saturated heterocycles. The number of benzene rings is 1. The van der Waals surface area contributed by atoms with Crippen LogP contribution in [0.4, 0.5) is 0 Å². The zero-order valence-corrected chi connectivity index (χ0v) is 19.0. The average molecular weight is 427 g/mol. The van der Waals surface area contributed by atoms with Crippen LogP contribution in [0.5, 0.6) is 17.2 Å². The van der Waals surface area contributed by atoms with Gasteiger partial charge in [0, 0.05) is 48.5 Å². The second-order valence-corrected chi connectivity index (χ2v) is 10.4. The standard InChI is InChI=1S/C25H30O6/c1-24(2)9-14(26)22(15(27)10-24)21-13-7-18(29-5)19(30-6)8-17(13)31-20-12-25(3,4)11-16(28)23(20)21/h7-8,21,26H,9-12H2,1-6H3. The summed E-state index contributed by atoms with van der Waals surface area (Å²) in [5, 5.41) is 11.0. The summed E-state index contributed by atoms with van der Waals surface area (Å²) in [6.07, 6.45) is 1.64. The fraction of sp³-hybridized carbons (Fsp3) is 0.520. The van der Waals surface area contributed by atoms with Crippen molar-refractivity contribution in [3.05, 3.63) is 40.4 Å². The van der Waals surface area contributed by atoms with Crippen molar-refractivity contribution < 1.29 is 28.9 Å². The SMILES string of the molecule is COc1cc2c(cc1OC)C(C1=C(O)CC(C)(C)CC1=O)C1=C(CC(C)(C)CC1=O)O2. The number of ether oxygens (including phenoxy) is 3. The molecular formula is C25H30O6. The highest BCUT2D eigenvalue weighted by Crippen LogP contribution is 2.54. The summed E-state index contributed by atoms with van der Waals surface area (Å²) in [7, 11) is 3.08. The molecule has 1 heterocycles. The largest absolute Gasteiger partial charge is 0.512 e. The number of hydrogen-bond donors (Lipinski definition) is 1. The zero-order valence-electron chi connectivity index (χ0n) is 19.0. The summed E-state index contributed by atoms with van der Waals surface area (Å²) in [4.78, 5) is 26.6. The van der Waals surface area contributed by atoms with Crippen LogP contribution in [0.25, 0.3) is 0 Å². The fourth-order valence-electron chi connectivity index (χ4n) is 5.10. The summed E-state index contributed by atoms with van der Waals surface area (Å²) in [6, 6.07) is 3.48. The minimum absolute atomic E-state index is 0.0466. The van der Waals surface area contributed by atoms with Gasteiger partial charge in [-0.2, -0.15) is 0 Å². The predicted molar refractivity (Wildman–Crippen MR) is 116 cm³/mol. The number of fused-ring (bicyclic) bond motifs is 1. The van der Waals surface area contributed by atoms with E-state index >= 15 is 0 Å². The minimum atomic E-state index is -0.675. The summed E-state index contributed by atoms with van der Waals surface area (Å²) in [5.41, 5.74) is 0.847. The third kappa shape index (κ3) is 3.62. The van der Waals surface area contributed by atoms with Crippen LogP contribution in [0, 0.1) is 10.8 Å². The van der Waals surface area contributed by atoms with E-state index in [1.165, 1.54) is 7.11 Å². The first-order valence-electron chi connectivity index (χ1n) is 10.6. The van der Waals surface area contributed by atoms with Gasteiger partial charge in [0.05, 0.1) is 20.1 Å². The van der Waals surface area contributed by atoms with Crippen molar-refractivity contribution in [1.29, 1.82) is 0 Å². The van der Waals surface area contributed by atoms with Crippen molar-refractivity contribution in [2.24, 2.45) is 10.8 Å². The Balaban J connectivity index is 1.98. The molecule has 0 radical (unpaired) electrons. The minimum Gasteiger partial charge on any atom is -0.512 e. The first kappa shape index (κ1) is 21.5. The first-order chi connectivity index (χ1) is 14.5. The second-order valence-electron chi connectivity index (χ2n) is 10.4. The van der Waals surface area contributed by atoms with Crippen molar-refractivity contribution in [2.45, 2.75) is 59.3 Å². The molecular weight excluding hydrogens is 396 g/mol. The smallest absolute Gasteiger partial charge is 0.164 e. The van der Waals surface area contributed by atoms with E-state index in [9.17, 15) is 14.7 Å². The Hall–Kier alpha value is -2.76. The van der Waals surface area contributed by atoms with Crippen molar-refractivity contribution in [1.82, 2.24) is 0 Å². The second kappa shape index (κ2) is 7.14. The summed E-state index contributed by atoms with van der Waals surface area (Å²) in [5.74, 6) is 1.27. The van der Waals surface area contributed by atoms with Gasteiger partial charge in [0.25, 0.3) is 0 Å². The quantitative estimate of drug-likeness (QED) is 0.730. The number of Topliss-reactive ketones (excluding diaryl/α,β-unsaturated/α-hetero) is 2. The molecule has 1 aliphatic heterocycles. The molecule has 0 spiro atoms. The highest BCUT2D eigenvalue weighted by atomic mass is 16.5. The molecule has 0 fully saturated rings. The molecule has 0 amide bonds. The number of aliphatic hydroxyl groups excluding tert-OH is 1. The van der Waals surface area contributed by atoms with Crippen LogP contribution in [0.3, 0.4) is 0 Å². The lowest BCUT2D eigenvalue weighted by Gasteiger charge is -2.40. The van der Waals surface area contributed by atoms with Gasteiger partial charge in [-0.1, -0.05) is 27.7 Å². The van der Waals surface area contributed by atoms with Gasteiger partial charge in [-0.25, -0.2) is 0 Å². The molecule has 0 aromatic heterocycles. The van der Waals surface area contributed by atoms with Gasteiger partial charge in [0.2, 0.25) is 0 Å². The molecule has 1 N–H and O–H groups in total. The lowest BCUT2D eigenvalue weighted by atomic mass is 9.66. The first-order valence-corrected chi connectivity index (χ1v) is 10.6. The molecule has 0 bridgehead atoms. The molecule has 3 aliphatic rings. The molecule has 6 nitrogen and oxygen atoms in total. The van der Waals surface area contributed by atoms with Crippen LogP contribution in [0.2, 0.25) is 0 Å². The van der Waals surface area contributed by atoms with Gasteiger partial charge in [0.1, 0.15) is 17.3 Å². The van der Waals surface area contributed by atoms with Crippen molar-refractivity contribution in [3.63, 3.8) is 0 Å². The van der Waals surface area contributed by atoms with Gasteiger partial charge < -0.3 is 19.3 Å². The van der Waals surface area contributed by atoms with Gasteiger partial charge in [-0.05, 0) is 16.9 Å². The van der Waals surface area contributed by atoms with E-state index in [-0.39, 0.29) is 28.2 Å². The van der Waals surface area contributed by atoms with Crippen LogP contribution >= 0.6 is 0 Å². The number of methoxy groups -OCH3 is 2. The fourth-order valence-corrected chi connectivity index (χ4v) is 5.10. The topological polar surface area (TPSA) is 82.1 Å². The normalized spacial score (nSPS) is 24.4. The Morgan fingerprint density at radius 1 is 0.871 bits per heavy atom. The molecule has 1 aromatic rings. The maximum absolute atomic E-state index is 13.3. The van der Waals surface area contributed by atoms with Gasteiger partial charge >= 0.3 is 0 Å². The molecule has 2 aliphatic carbocycles. The zero-order chi connectivity index (χ0) is 22.7. The number of ketones is 2. The Bertz CT molecular complexity index is 1040. The number of allylic oxidation sites excluding steroid dienone is 4. The monoisotopic (exact) mass is 426 g/mol. The summed E-state index contributed by atoms with van der Waals surface area (Å²) in [6.45, 7) is 7.98. The molecule has 1 atom stereocenters. The maximum Gasteiger partial charge on any atom is 0.164 e. The van der Waals surface area contributed by atoms with Crippen molar-refractivity contribution in [3.8, 4) is 17.2 Å². The Morgan fingerprint density at radius 2 is 1.42 bits per heavy atom. The number of carbonyl (C=O) groups excluding carboxylic acids is 2. The van der Waals surface area contributed by atoms with E-state index in [0.29, 0.717) is 65.4 Å². The number of aliphatic hydroxyl groups is 1. The summed E-state index contributed by atoms with van der Waals surface area (Å²) >= 11 is 0. The Morgan fingerprint density at radius 3 is 2.00 bits per heavy atom. The van der Waals surface area contributed by atoms with E-state index in [4.69, 9.17) is 14.2 Å². The van der Waals surface area contributed by atoms with E-state index in [2.05, 4.69) is 0 Å². The third-order valence-electron chi connectivity index (χ3n) is 6.41. The summed E-state index contributed by atoms with van der Waals surface area (Å²) < 4.78 is 17.1.